The predicted molar refractivity (Wildman–Crippen MR) is 96.7 cm³/mol. The highest BCUT2D eigenvalue weighted by atomic mass is 35.5. The largest absolute Gasteiger partial charge is 0.277 e. The predicted octanol–water partition coefficient (Wildman–Crippen LogP) is 2.96. The zero-order valence-electron chi connectivity index (χ0n) is 13.5. The first-order valence-corrected chi connectivity index (χ1v) is 9.87. The van der Waals surface area contributed by atoms with E-state index in [4.69, 9.17) is 11.6 Å². The second kappa shape index (κ2) is 6.57. The third-order valence-electron chi connectivity index (χ3n) is 4.19. The van der Waals surface area contributed by atoms with Gasteiger partial charge in [0.25, 0.3) is 0 Å². The number of aryl methyl sites for hydroxylation is 1. The number of halogens is 1. The number of aromatic nitrogens is 2. The van der Waals surface area contributed by atoms with E-state index in [0.29, 0.717) is 11.4 Å². The Labute approximate surface area is 146 Å². The van der Waals surface area contributed by atoms with E-state index in [1.54, 1.807) is 12.3 Å². The number of nitrogens with one attached hydrogen (secondary N) is 1. The lowest BCUT2D eigenvalue weighted by Crippen LogP contribution is -2.14. The van der Waals surface area contributed by atoms with Gasteiger partial charge in [0.1, 0.15) is 0 Å². The minimum Gasteiger partial charge on any atom is -0.277 e. The zero-order chi connectivity index (χ0) is 17.3. The number of hydrogen-bond donors (Lipinski definition) is 1. The fourth-order valence-corrected chi connectivity index (χ4v) is 4.77. The molecule has 6 nitrogen and oxygen atoms in total. The highest BCUT2D eigenvalue weighted by Crippen LogP contribution is 2.26. The monoisotopic (exact) mass is 366 g/mol. The quantitative estimate of drug-likeness (QED) is 0.666. The third-order valence-corrected chi connectivity index (χ3v) is 6.27. The van der Waals surface area contributed by atoms with Gasteiger partial charge in [0.15, 0.2) is 9.84 Å². The summed E-state index contributed by atoms with van der Waals surface area (Å²) in [6.07, 6.45) is 2.31. The van der Waals surface area contributed by atoms with Crippen LogP contribution < -0.4 is 5.43 Å². The Morgan fingerprint density at radius 1 is 1.38 bits per heavy atom. The topological polar surface area (TPSA) is 76.3 Å². The first-order valence-electron chi connectivity index (χ1n) is 7.67. The Balaban J connectivity index is 1.80. The van der Waals surface area contributed by atoms with Crippen LogP contribution in [0.1, 0.15) is 29.4 Å². The number of hydrogen-bond acceptors (Lipinski definition) is 5. The average molecular weight is 367 g/mol. The molecule has 2 aromatic rings. The van der Waals surface area contributed by atoms with Gasteiger partial charge in [-0.3, -0.25) is 10.1 Å². The number of hydrazone groups is 1. The lowest BCUT2D eigenvalue weighted by molar-refractivity contribution is 0.486. The van der Waals surface area contributed by atoms with Gasteiger partial charge in [-0.15, -0.1) is 0 Å². The molecule has 0 amide bonds. The summed E-state index contributed by atoms with van der Waals surface area (Å²) in [5, 5.41) is 9.33. The SMILES string of the molecule is Cc1nn([C@H]2CCS(=O)(=O)C2)c(C)c1/C=N\Nc1ccccc1Cl. The maximum atomic E-state index is 11.7. The molecule has 0 bridgehead atoms. The Bertz CT molecular complexity index is 889. The van der Waals surface area contributed by atoms with E-state index in [1.165, 1.54) is 0 Å². The van der Waals surface area contributed by atoms with Crippen LogP contribution in [0.2, 0.25) is 5.02 Å². The Morgan fingerprint density at radius 3 is 2.79 bits per heavy atom. The number of rotatable bonds is 4. The molecule has 0 radical (unpaired) electrons. The minimum atomic E-state index is -2.94. The van der Waals surface area contributed by atoms with E-state index in [1.807, 2.05) is 36.7 Å². The van der Waals surface area contributed by atoms with Gasteiger partial charge in [-0.25, -0.2) is 8.42 Å². The molecule has 1 fully saturated rings. The van der Waals surface area contributed by atoms with Crippen LogP contribution in [0.3, 0.4) is 0 Å². The van der Waals surface area contributed by atoms with Crippen LogP contribution in [0, 0.1) is 13.8 Å². The fraction of sp³-hybridized carbons (Fsp3) is 0.375. The van der Waals surface area contributed by atoms with Gasteiger partial charge >= 0.3 is 0 Å². The first kappa shape index (κ1) is 17.0. The van der Waals surface area contributed by atoms with Crippen LogP contribution in [0.4, 0.5) is 5.69 Å². The van der Waals surface area contributed by atoms with Crippen molar-refractivity contribution in [3.05, 3.63) is 46.2 Å². The molecule has 0 saturated carbocycles. The maximum Gasteiger partial charge on any atom is 0.152 e. The van der Waals surface area contributed by atoms with Crippen molar-refractivity contribution in [2.45, 2.75) is 26.3 Å². The van der Waals surface area contributed by atoms with Gasteiger partial charge in [0.05, 0.1) is 40.2 Å². The molecule has 1 N–H and O–H groups in total. The van der Waals surface area contributed by atoms with Crippen molar-refractivity contribution in [3.63, 3.8) is 0 Å². The summed E-state index contributed by atoms with van der Waals surface area (Å²) in [4.78, 5) is 0. The summed E-state index contributed by atoms with van der Waals surface area (Å²) in [6, 6.07) is 7.26. The Kier molecular flexibility index (Phi) is 4.64. The second-order valence-electron chi connectivity index (χ2n) is 5.94. The van der Waals surface area contributed by atoms with Crippen molar-refractivity contribution in [2.24, 2.45) is 5.10 Å². The molecule has 2 heterocycles. The van der Waals surface area contributed by atoms with E-state index in [0.717, 1.165) is 22.6 Å². The summed E-state index contributed by atoms with van der Waals surface area (Å²) in [7, 11) is -2.94. The van der Waals surface area contributed by atoms with E-state index >= 15 is 0 Å². The van der Waals surface area contributed by atoms with E-state index in [-0.39, 0.29) is 17.5 Å². The van der Waals surface area contributed by atoms with Crippen molar-refractivity contribution < 1.29 is 8.42 Å². The molecule has 0 aliphatic carbocycles. The smallest absolute Gasteiger partial charge is 0.152 e. The van der Waals surface area contributed by atoms with E-state index in [9.17, 15) is 8.42 Å². The molecule has 0 spiro atoms. The van der Waals surface area contributed by atoms with Crippen molar-refractivity contribution in [1.29, 1.82) is 0 Å². The Hall–Kier alpha value is -1.86. The van der Waals surface area contributed by atoms with Crippen LogP contribution in [-0.4, -0.2) is 35.9 Å². The van der Waals surface area contributed by atoms with Crippen LogP contribution in [0.5, 0.6) is 0 Å². The summed E-state index contributed by atoms with van der Waals surface area (Å²) in [6.45, 7) is 3.82. The maximum absolute atomic E-state index is 11.7. The highest BCUT2D eigenvalue weighted by Gasteiger charge is 2.31. The van der Waals surface area contributed by atoms with Crippen LogP contribution in [-0.2, 0) is 9.84 Å². The molecule has 128 valence electrons. The summed E-state index contributed by atoms with van der Waals surface area (Å²) < 4.78 is 25.2. The molecule has 24 heavy (non-hydrogen) atoms. The molecule has 1 saturated heterocycles. The number of anilines is 1. The molecule has 1 atom stereocenters. The van der Waals surface area contributed by atoms with Crippen molar-refractivity contribution in [3.8, 4) is 0 Å². The summed E-state index contributed by atoms with van der Waals surface area (Å²) in [5.41, 5.74) is 6.26. The van der Waals surface area contributed by atoms with Crippen molar-refractivity contribution >= 4 is 33.3 Å². The van der Waals surface area contributed by atoms with E-state index < -0.39 is 9.84 Å². The molecule has 0 unspecified atom stereocenters. The van der Waals surface area contributed by atoms with Gasteiger partial charge < -0.3 is 0 Å². The lowest BCUT2D eigenvalue weighted by atomic mass is 10.2. The molecule has 8 heteroatoms. The van der Waals surface area contributed by atoms with Gasteiger partial charge in [0, 0.05) is 11.3 Å². The number of para-hydroxylation sites is 1. The standard InChI is InChI=1S/C16H19ClN4O2S/c1-11-14(9-18-19-16-6-4-3-5-15(16)17)12(2)21(20-11)13-7-8-24(22,23)10-13/h3-6,9,13,19H,7-8,10H2,1-2H3/b18-9-/t13-/m0/s1. The molecular formula is C16H19ClN4O2S. The normalized spacial score (nSPS) is 19.9. The second-order valence-corrected chi connectivity index (χ2v) is 8.57. The first-order chi connectivity index (χ1) is 11.4. The lowest BCUT2D eigenvalue weighted by Gasteiger charge is -2.10. The number of nitrogens with zero attached hydrogens (tertiary/aromatic N) is 3. The Morgan fingerprint density at radius 2 is 2.12 bits per heavy atom. The van der Waals surface area contributed by atoms with Crippen molar-refractivity contribution in [2.75, 3.05) is 16.9 Å². The molecule has 1 aliphatic rings. The summed E-state index contributed by atoms with van der Waals surface area (Å²) in [5.74, 6) is 0.386. The number of benzene rings is 1. The third kappa shape index (κ3) is 3.47. The van der Waals surface area contributed by atoms with E-state index in [2.05, 4.69) is 15.6 Å². The van der Waals surface area contributed by atoms with Crippen LogP contribution in [0.15, 0.2) is 29.4 Å². The average Bonchev–Trinajstić information content (AvgIpc) is 3.02. The molecule has 1 aromatic carbocycles. The fourth-order valence-electron chi connectivity index (χ4n) is 2.90. The highest BCUT2D eigenvalue weighted by molar-refractivity contribution is 7.91. The van der Waals surface area contributed by atoms with Gasteiger partial charge in [-0.2, -0.15) is 10.2 Å². The number of sulfone groups is 1. The van der Waals surface area contributed by atoms with Gasteiger partial charge in [-0.05, 0) is 32.4 Å². The summed E-state index contributed by atoms with van der Waals surface area (Å²) >= 11 is 6.08. The zero-order valence-corrected chi connectivity index (χ0v) is 15.1. The van der Waals surface area contributed by atoms with Crippen molar-refractivity contribution in [1.82, 2.24) is 9.78 Å². The van der Waals surface area contributed by atoms with Gasteiger partial charge in [-0.1, -0.05) is 23.7 Å². The molecule has 1 aromatic heterocycles. The minimum absolute atomic E-state index is 0.0904. The molecule has 3 rings (SSSR count). The van der Waals surface area contributed by atoms with Crippen LogP contribution >= 0.6 is 11.6 Å². The van der Waals surface area contributed by atoms with Crippen LogP contribution in [0.25, 0.3) is 0 Å². The van der Waals surface area contributed by atoms with Gasteiger partial charge in [0.2, 0.25) is 0 Å². The molecule has 1 aliphatic heterocycles. The molecular weight excluding hydrogens is 348 g/mol.